The average molecular weight is 185 g/mol. The molecule has 0 saturated carbocycles. The molecule has 0 aromatic rings. The topological polar surface area (TPSA) is 67.1 Å². The molecule has 0 spiro atoms. The number of carbonyl (C=O) groups excluding carboxylic acids is 1. The Hall–Kier alpha value is -0.610. The molecule has 0 bridgehead atoms. The van der Waals surface area contributed by atoms with E-state index in [-0.39, 0.29) is 11.9 Å². The predicted octanol–water partition coefficient (Wildman–Crippen LogP) is -0.552. The number of hydrogen-bond donors (Lipinski definition) is 3. The van der Waals surface area contributed by atoms with Crippen molar-refractivity contribution >= 4 is 5.91 Å². The molecule has 13 heavy (non-hydrogen) atoms. The van der Waals surface area contributed by atoms with E-state index >= 15 is 0 Å². The van der Waals surface area contributed by atoms with Crippen LogP contribution >= 0.6 is 0 Å². The van der Waals surface area contributed by atoms with E-state index in [0.717, 1.165) is 13.1 Å². The first-order valence-corrected chi connectivity index (χ1v) is 4.72. The van der Waals surface area contributed by atoms with Crippen LogP contribution in [-0.2, 0) is 4.79 Å². The molecule has 1 saturated heterocycles. The second kappa shape index (κ2) is 3.64. The van der Waals surface area contributed by atoms with Crippen molar-refractivity contribution in [3.63, 3.8) is 0 Å². The molecule has 0 aliphatic carbocycles. The second-order valence-corrected chi connectivity index (χ2v) is 4.44. The van der Waals surface area contributed by atoms with Crippen molar-refractivity contribution in [2.45, 2.75) is 32.4 Å². The summed E-state index contributed by atoms with van der Waals surface area (Å²) in [6.45, 7) is 7.37. The van der Waals surface area contributed by atoms with Crippen molar-refractivity contribution in [1.29, 1.82) is 0 Å². The molecule has 4 N–H and O–H groups in total. The zero-order valence-corrected chi connectivity index (χ0v) is 8.55. The van der Waals surface area contributed by atoms with Gasteiger partial charge in [0.2, 0.25) is 5.91 Å². The number of nitrogens with one attached hydrogen (secondary N) is 2. The molecular weight excluding hydrogens is 166 g/mol. The zero-order valence-electron chi connectivity index (χ0n) is 8.55. The maximum Gasteiger partial charge on any atom is 0.239 e. The van der Waals surface area contributed by atoms with Crippen LogP contribution in [-0.4, -0.2) is 30.6 Å². The molecule has 2 unspecified atom stereocenters. The summed E-state index contributed by atoms with van der Waals surface area (Å²) in [5.41, 5.74) is 4.89. The fourth-order valence-electron chi connectivity index (χ4n) is 1.36. The van der Waals surface area contributed by atoms with Crippen LogP contribution in [0.5, 0.6) is 0 Å². The minimum Gasteiger partial charge on any atom is -0.350 e. The third kappa shape index (κ3) is 2.67. The van der Waals surface area contributed by atoms with Gasteiger partial charge in [0.15, 0.2) is 0 Å². The Morgan fingerprint density at radius 1 is 1.54 bits per heavy atom. The van der Waals surface area contributed by atoms with Crippen LogP contribution in [0.1, 0.15) is 20.8 Å². The molecule has 1 fully saturated rings. The Balaban J connectivity index is 2.45. The minimum atomic E-state index is -0.775. The van der Waals surface area contributed by atoms with Crippen LogP contribution < -0.4 is 16.4 Å². The summed E-state index contributed by atoms with van der Waals surface area (Å²) in [6.07, 6.45) is 0. The smallest absolute Gasteiger partial charge is 0.239 e. The summed E-state index contributed by atoms with van der Waals surface area (Å²) < 4.78 is 0. The maximum absolute atomic E-state index is 11.5. The molecule has 4 heteroatoms. The second-order valence-electron chi connectivity index (χ2n) is 4.44. The van der Waals surface area contributed by atoms with Gasteiger partial charge >= 0.3 is 0 Å². The molecule has 1 rings (SSSR count). The van der Waals surface area contributed by atoms with Crippen LogP contribution in [0.4, 0.5) is 0 Å². The van der Waals surface area contributed by atoms with Gasteiger partial charge in [0.05, 0.1) is 5.54 Å². The van der Waals surface area contributed by atoms with E-state index in [1.54, 1.807) is 13.8 Å². The van der Waals surface area contributed by atoms with E-state index in [2.05, 4.69) is 17.6 Å². The Bertz CT molecular complexity index is 198. The summed E-state index contributed by atoms with van der Waals surface area (Å²) in [5.74, 6) is 0.416. The summed E-state index contributed by atoms with van der Waals surface area (Å²) in [6, 6.07) is 0.232. The van der Waals surface area contributed by atoms with Gasteiger partial charge in [-0.25, -0.2) is 0 Å². The lowest BCUT2D eigenvalue weighted by atomic mass is 10.0. The number of nitrogens with two attached hydrogens (primary N) is 1. The van der Waals surface area contributed by atoms with Gasteiger partial charge in [0.25, 0.3) is 0 Å². The Labute approximate surface area is 79.3 Å². The molecule has 2 atom stereocenters. The highest BCUT2D eigenvalue weighted by Gasteiger charge is 2.29. The van der Waals surface area contributed by atoms with Crippen molar-refractivity contribution in [3.05, 3.63) is 0 Å². The van der Waals surface area contributed by atoms with E-state index in [4.69, 9.17) is 5.73 Å². The Kier molecular flexibility index (Phi) is 2.93. The van der Waals surface area contributed by atoms with E-state index in [1.807, 2.05) is 0 Å². The highest BCUT2D eigenvalue weighted by Crippen LogP contribution is 2.08. The van der Waals surface area contributed by atoms with Crippen molar-refractivity contribution in [2.24, 2.45) is 11.7 Å². The average Bonchev–Trinajstić information content (AvgIpc) is 2.34. The molecule has 4 nitrogen and oxygen atoms in total. The summed E-state index contributed by atoms with van der Waals surface area (Å²) in [5, 5.41) is 6.17. The van der Waals surface area contributed by atoms with Gasteiger partial charge in [-0.1, -0.05) is 6.92 Å². The van der Waals surface area contributed by atoms with E-state index in [1.165, 1.54) is 0 Å². The van der Waals surface area contributed by atoms with Gasteiger partial charge in [0, 0.05) is 12.6 Å². The Morgan fingerprint density at radius 2 is 2.15 bits per heavy atom. The van der Waals surface area contributed by atoms with Crippen molar-refractivity contribution in [1.82, 2.24) is 10.6 Å². The number of hydrogen-bond acceptors (Lipinski definition) is 3. The van der Waals surface area contributed by atoms with Crippen LogP contribution in [0.25, 0.3) is 0 Å². The number of amides is 1. The first-order chi connectivity index (χ1) is 5.91. The maximum atomic E-state index is 11.5. The molecule has 76 valence electrons. The van der Waals surface area contributed by atoms with Gasteiger partial charge in [-0.05, 0) is 26.3 Å². The molecular formula is C9H19N3O. The van der Waals surface area contributed by atoms with E-state index in [0.29, 0.717) is 5.92 Å². The number of rotatable bonds is 2. The SMILES string of the molecule is CC1CNCC1NC(=O)C(C)(C)N. The lowest BCUT2D eigenvalue weighted by molar-refractivity contribution is -0.126. The third-order valence-corrected chi connectivity index (χ3v) is 2.42. The Morgan fingerprint density at radius 3 is 2.54 bits per heavy atom. The third-order valence-electron chi connectivity index (χ3n) is 2.42. The van der Waals surface area contributed by atoms with Crippen LogP contribution in [0.3, 0.4) is 0 Å². The highest BCUT2D eigenvalue weighted by molar-refractivity contribution is 5.85. The van der Waals surface area contributed by atoms with Gasteiger partial charge in [-0.3, -0.25) is 4.79 Å². The summed E-state index contributed by atoms with van der Waals surface area (Å²) >= 11 is 0. The first-order valence-electron chi connectivity index (χ1n) is 4.72. The molecule has 1 heterocycles. The zero-order chi connectivity index (χ0) is 10.1. The van der Waals surface area contributed by atoms with E-state index < -0.39 is 5.54 Å². The number of carbonyl (C=O) groups is 1. The monoisotopic (exact) mass is 185 g/mol. The molecule has 0 aromatic heterocycles. The molecule has 0 aromatic carbocycles. The fraction of sp³-hybridized carbons (Fsp3) is 0.889. The first kappa shape index (κ1) is 10.5. The summed E-state index contributed by atoms with van der Waals surface area (Å²) in [7, 11) is 0. The van der Waals surface area contributed by atoms with Gasteiger partial charge < -0.3 is 16.4 Å². The highest BCUT2D eigenvalue weighted by atomic mass is 16.2. The van der Waals surface area contributed by atoms with Crippen molar-refractivity contribution in [3.8, 4) is 0 Å². The molecule has 1 aliphatic rings. The lowest BCUT2D eigenvalue weighted by Gasteiger charge is -2.23. The predicted molar refractivity (Wildman–Crippen MR) is 52.2 cm³/mol. The van der Waals surface area contributed by atoms with E-state index in [9.17, 15) is 4.79 Å². The molecule has 0 radical (unpaired) electrons. The minimum absolute atomic E-state index is 0.0759. The van der Waals surface area contributed by atoms with Crippen LogP contribution in [0, 0.1) is 5.92 Å². The fourth-order valence-corrected chi connectivity index (χ4v) is 1.36. The summed E-state index contributed by atoms with van der Waals surface area (Å²) in [4.78, 5) is 11.5. The van der Waals surface area contributed by atoms with Gasteiger partial charge in [-0.2, -0.15) is 0 Å². The molecule has 1 aliphatic heterocycles. The standard InChI is InChI=1S/C9H19N3O/c1-6-4-11-5-7(6)12-8(13)9(2,3)10/h6-7,11H,4-5,10H2,1-3H3,(H,12,13). The van der Waals surface area contributed by atoms with Crippen LogP contribution in [0.2, 0.25) is 0 Å². The largest absolute Gasteiger partial charge is 0.350 e. The molecule has 1 amide bonds. The van der Waals surface area contributed by atoms with Crippen molar-refractivity contribution in [2.75, 3.05) is 13.1 Å². The van der Waals surface area contributed by atoms with Gasteiger partial charge in [-0.15, -0.1) is 0 Å². The van der Waals surface area contributed by atoms with Crippen molar-refractivity contribution < 1.29 is 4.79 Å². The lowest BCUT2D eigenvalue weighted by Crippen LogP contribution is -2.53. The van der Waals surface area contributed by atoms with Crippen LogP contribution in [0.15, 0.2) is 0 Å². The normalized spacial score (nSPS) is 28.9. The quantitative estimate of drug-likeness (QED) is 0.540. The van der Waals surface area contributed by atoms with Gasteiger partial charge in [0.1, 0.15) is 0 Å².